The predicted molar refractivity (Wildman–Crippen MR) is 46.3 cm³/mol. The van der Waals surface area contributed by atoms with Gasteiger partial charge in [0.05, 0.1) is 4.92 Å². The average Bonchev–Trinajstić information content (AvgIpc) is 2.05. The van der Waals surface area contributed by atoms with Gasteiger partial charge in [-0.1, -0.05) is 12.1 Å². The molecule has 4 nitrogen and oxygen atoms in total. The van der Waals surface area contributed by atoms with E-state index in [1.165, 1.54) is 18.3 Å². The Labute approximate surface area is 69.5 Å². The molecule has 1 aromatic rings. The molecule has 0 aliphatic rings. The molecule has 12 heavy (non-hydrogen) atoms. The van der Waals surface area contributed by atoms with Crippen LogP contribution in [0.3, 0.4) is 0 Å². The summed E-state index contributed by atoms with van der Waals surface area (Å²) in [6, 6.07) is 6.26. The SMILES string of the molecule is N/C=C\c1cccc([N+](=O)[O-])c1. The van der Waals surface area contributed by atoms with Gasteiger partial charge in [-0.2, -0.15) is 0 Å². The van der Waals surface area contributed by atoms with Crippen molar-refractivity contribution in [3.63, 3.8) is 0 Å². The van der Waals surface area contributed by atoms with Crippen LogP contribution in [0.25, 0.3) is 6.08 Å². The van der Waals surface area contributed by atoms with Gasteiger partial charge in [0.1, 0.15) is 0 Å². The van der Waals surface area contributed by atoms with Crippen LogP contribution in [0.5, 0.6) is 0 Å². The third-order valence-corrected chi connectivity index (χ3v) is 1.37. The number of nitro groups is 1. The van der Waals surface area contributed by atoms with Gasteiger partial charge in [0, 0.05) is 12.1 Å². The Hall–Kier alpha value is -1.84. The molecule has 0 aliphatic heterocycles. The molecule has 0 spiro atoms. The van der Waals surface area contributed by atoms with Gasteiger partial charge < -0.3 is 5.73 Å². The van der Waals surface area contributed by atoms with E-state index in [0.29, 0.717) is 0 Å². The molecule has 0 fully saturated rings. The van der Waals surface area contributed by atoms with Crippen molar-refractivity contribution in [3.05, 3.63) is 46.1 Å². The number of hydrogen-bond acceptors (Lipinski definition) is 3. The van der Waals surface area contributed by atoms with Crippen LogP contribution in [0.1, 0.15) is 5.56 Å². The summed E-state index contributed by atoms with van der Waals surface area (Å²) >= 11 is 0. The number of hydrogen-bond donors (Lipinski definition) is 1. The van der Waals surface area contributed by atoms with E-state index in [-0.39, 0.29) is 5.69 Å². The summed E-state index contributed by atoms with van der Waals surface area (Å²) in [5.74, 6) is 0. The van der Waals surface area contributed by atoms with E-state index in [2.05, 4.69) is 0 Å². The minimum absolute atomic E-state index is 0.0746. The fourth-order valence-corrected chi connectivity index (χ4v) is 0.853. The first-order valence-electron chi connectivity index (χ1n) is 3.37. The van der Waals surface area contributed by atoms with Crippen LogP contribution in [0.2, 0.25) is 0 Å². The lowest BCUT2D eigenvalue weighted by Gasteiger charge is -1.92. The van der Waals surface area contributed by atoms with Crippen LogP contribution in [-0.4, -0.2) is 4.92 Å². The van der Waals surface area contributed by atoms with Crippen molar-refractivity contribution < 1.29 is 4.92 Å². The van der Waals surface area contributed by atoms with Crippen molar-refractivity contribution in [2.75, 3.05) is 0 Å². The Kier molecular flexibility index (Phi) is 2.42. The van der Waals surface area contributed by atoms with Crippen molar-refractivity contribution in [1.29, 1.82) is 0 Å². The Morgan fingerprint density at radius 1 is 1.50 bits per heavy atom. The number of benzene rings is 1. The smallest absolute Gasteiger partial charge is 0.270 e. The highest BCUT2D eigenvalue weighted by molar-refractivity contribution is 5.52. The largest absolute Gasteiger partial charge is 0.405 e. The molecule has 0 aromatic heterocycles. The number of non-ortho nitro benzene ring substituents is 1. The molecule has 62 valence electrons. The molecule has 0 heterocycles. The lowest BCUT2D eigenvalue weighted by molar-refractivity contribution is -0.384. The van der Waals surface area contributed by atoms with Crippen molar-refractivity contribution in [2.24, 2.45) is 5.73 Å². The minimum atomic E-state index is -0.437. The zero-order valence-corrected chi connectivity index (χ0v) is 6.31. The molecule has 2 N–H and O–H groups in total. The zero-order chi connectivity index (χ0) is 8.97. The van der Waals surface area contributed by atoms with E-state index in [9.17, 15) is 10.1 Å². The van der Waals surface area contributed by atoms with Crippen LogP contribution in [0.4, 0.5) is 5.69 Å². The van der Waals surface area contributed by atoms with E-state index in [0.717, 1.165) is 5.56 Å². The number of nitrogens with two attached hydrogens (primary N) is 1. The molecule has 4 heteroatoms. The summed E-state index contributed by atoms with van der Waals surface area (Å²) in [7, 11) is 0. The monoisotopic (exact) mass is 164 g/mol. The van der Waals surface area contributed by atoms with Crippen LogP contribution < -0.4 is 5.73 Å². The van der Waals surface area contributed by atoms with Crippen LogP contribution in [0.15, 0.2) is 30.5 Å². The maximum atomic E-state index is 10.3. The second-order valence-corrected chi connectivity index (χ2v) is 2.21. The van der Waals surface area contributed by atoms with Gasteiger partial charge in [0.2, 0.25) is 0 Å². The van der Waals surface area contributed by atoms with Gasteiger partial charge >= 0.3 is 0 Å². The van der Waals surface area contributed by atoms with E-state index in [1.807, 2.05) is 0 Å². The second kappa shape index (κ2) is 3.52. The topological polar surface area (TPSA) is 69.2 Å². The molecule has 1 aromatic carbocycles. The van der Waals surface area contributed by atoms with Gasteiger partial charge in [0.15, 0.2) is 0 Å². The highest BCUT2D eigenvalue weighted by Crippen LogP contribution is 2.13. The van der Waals surface area contributed by atoms with Gasteiger partial charge in [-0.05, 0) is 17.8 Å². The molecule has 0 radical (unpaired) electrons. The Morgan fingerprint density at radius 3 is 2.83 bits per heavy atom. The molecule has 0 saturated carbocycles. The quantitative estimate of drug-likeness (QED) is 0.532. The first kappa shape index (κ1) is 8.26. The van der Waals surface area contributed by atoms with Crippen molar-refractivity contribution in [1.82, 2.24) is 0 Å². The summed E-state index contributed by atoms with van der Waals surface area (Å²) in [5, 5.41) is 10.3. The van der Waals surface area contributed by atoms with Crippen molar-refractivity contribution in [3.8, 4) is 0 Å². The van der Waals surface area contributed by atoms with Gasteiger partial charge in [-0.3, -0.25) is 10.1 Å². The Bertz CT molecular complexity index is 321. The van der Waals surface area contributed by atoms with E-state index in [1.54, 1.807) is 18.2 Å². The average molecular weight is 164 g/mol. The number of nitrogens with zero attached hydrogens (tertiary/aromatic N) is 1. The number of rotatable bonds is 2. The number of nitro benzene ring substituents is 1. The Balaban J connectivity index is 3.03. The molecular weight excluding hydrogens is 156 g/mol. The lowest BCUT2D eigenvalue weighted by Crippen LogP contribution is -1.87. The minimum Gasteiger partial charge on any atom is -0.405 e. The first-order chi connectivity index (χ1) is 5.74. The molecule has 0 saturated heterocycles. The summed E-state index contributed by atoms with van der Waals surface area (Å²) in [5.41, 5.74) is 5.94. The molecule has 0 bridgehead atoms. The highest BCUT2D eigenvalue weighted by Gasteiger charge is 2.02. The molecule has 0 unspecified atom stereocenters. The molecule has 0 amide bonds. The summed E-state index contributed by atoms with van der Waals surface area (Å²) in [6.45, 7) is 0. The third kappa shape index (κ3) is 1.82. The van der Waals surface area contributed by atoms with E-state index in [4.69, 9.17) is 5.73 Å². The standard InChI is InChI=1S/C8H8N2O2/c9-5-4-7-2-1-3-8(6-7)10(11)12/h1-6H,9H2/b5-4-. The fourth-order valence-electron chi connectivity index (χ4n) is 0.853. The summed E-state index contributed by atoms with van der Waals surface area (Å²) < 4.78 is 0. The zero-order valence-electron chi connectivity index (χ0n) is 6.31. The normalized spacial score (nSPS) is 10.3. The highest BCUT2D eigenvalue weighted by atomic mass is 16.6. The Morgan fingerprint density at radius 2 is 2.25 bits per heavy atom. The van der Waals surface area contributed by atoms with Crippen LogP contribution >= 0.6 is 0 Å². The van der Waals surface area contributed by atoms with Crippen molar-refractivity contribution >= 4 is 11.8 Å². The summed E-state index contributed by atoms with van der Waals surface area (Å²) in [6.07, 6.45) is 2.95. The summed E-state index contributed by atoms with van der Waals surface area (Å²) in [4.78, 5) is 9.87. The van der Waals surface area contributed by atoms with Gasteiger partial charge in [-0.15, -0.1) is 0 Å². The first-order valence-corrected chi connectivity index (χ1v) is 3.37. The van der Waals surface area contributed by atoms with Crippen LogP contribution in [-0.2, 0) is 0 Å². The predicted octanol–water partition coefficient (Wildman–Crippen LogP) is 1.52. The molecular formula is C8H8N2O2. The lowest BCUT2D eigenvalue weighted by atomic mass is 10.2. The fraction of sp³-hybridized carbons (Fsp3) is 0. The second-order valence-electron chi connectivity index (χ2n) is 2.21. The van der Waals surface area contributed by atoms with E-state index >= 15 is 0 Å². The van der Waals surface area contributed by atoms with Gasteiger partial charge in [0.25, 0.3) is 5.69 Å². The van der Waals surface area contributed by atoms with E-state index < -0.39 is 4.92 Å². The maximum Gasteiger partial charge on any atom is 0.270 e. The molecule has 0 atom stereocenters. The van der Waals surface area contributed by atoms with Gasteiger partial charge in [-0.25, -0.2) is 0 Å². The third-order valence-electron chi connectivity index (χ3n) is 1.37. The molecule has 0 aliphatic carbocycles. The van der Waals surface area contributed by atoms with Crippen LogP contribution in [0, 0.1) is 10.1 Å². The maximum absolute atomic E-state index is 10.3. The van der Waals surface area contributed by atoms with Crippen molar-refractivity contribution in [2.45, 2.75) is 0 Å². The molecule has 1 rings (SSSR count).